The number of rotatable bonds is 2. The van der Waals surface area contributed by atoms with Gasteiger partial charge in [-0.2, -0.15) is 0 Å². The Morgan fingerprint density at radius 1 is 1.42 bits per heavy atom. The molecule has 1 fully saturated rings. The summed E-state index contributed by atoms with van der Waals surface area (Å²) in [7, 11) is 0. The van der Waals surface area contributed by atoms with E-state index >= 15 is 0 Å². The molecule has 2 rings (SSSR count). The molecule has 0 aliphatic carbocycles. The first-order chi connectivity index (χ1) is 9.13. The van der Waals surface area contributed by atoms with Gasteiger partial charge >= 0.3 is 0 Å². The molecule has 1 heterocycles. The third kappa shape index (κ3) is 3.50. The number of hydrogen-bond acceptors (Lipinski definition) is 2. The number of halogens is 2. The minimum absolute atomic E-state index is 0.0113. The van der Waals surface area contributed by atoms with Gasteiger partial charge in [0.15, 0.2) is 0 Å². The van der Waals surface area contributed by atoms with E-state index in [1.807, 2.05) is 6.07 Å². The highest BCUT2D eigenvalue weighted by atomic mass is 79.9. The first-order valence-electron chi connectivity index (χ1n) is 6.50. The summed E-state index contributed by atoms with van der Waals surface area (Å²) in [6.45, 7) is 0.699. The molecule has 1 atom stereocenters. The number of aliphatic hydroxyl groups excluding tert-OH is 1. The molecule has 1 N–H and O–H groups in total. The average Bonchev–Trinajstić information content (AvgIpc) is 2.65. The van der Waals surface area contributed by atoms with Gasteiger partial charge in [0.25, 0.3) is 5.91 Å². The Labute approximate surface area is 126 Å². The lowest BCUT2D eigenvalue weighted by molar-refractivity contribution is 0.0600. The highest BCUT2D eigenvalue weighted by Crippen LogP contribution is 2.25. The second kappa shape index (κ2) is 6.73. The van der Waals surface area contributed by atoms with E-state index < -0.39 is 0 Å². The zero-order valence-electron chi connectivity index (χ0n) is 10.6. The second-order valence-corrected chi connectivity index (χ2v) is 6.13. The number of carbonyl (C=O) groups excluding carboxylic acids is 1. The number of carbonyl (C=O) groups is 1. The van der Waals surface area contributed by atoms with Crippen LogP contribution in [-0.4, -0.2) is 35.1 Å². The topological polar surface area (TPSA) is 40.5 Å². The van der Waals surface area contributed by atoms with Gasteiger partial charge in [-0.1, -0.05) is 40.4 Å². The molecule has 0 radical (unpaired) electrons. The molecule has 19 heavy (non-hydrogen) atoms. The van der Waals surface area contributed by atoms with Crippen LogP contribution in [0.2, 0.25) is 5.02 Å². The summed E-state index contributed by atoms with van der Waals surface area (Å²) in [6, 6.07) is 5.17. The molecule has 1 aromatic carbocycles. The van der Waals surface area contributed by atoms with Gasteiger partial charge < -0.3 is 10.0 Å². The molecule has 1 aliphatic heterocycles. The monoisotopic (exact) mass is 345 g/mol. The number of likely N-dealkylation sites (tertiary alicyclic amines) is 1. The van der Waals surface area contributed by atoms with Crippen molar-refractivity contribution in [1.82, 2.24) is 4.90 Å². The second-order valence-electron chi connectivity index (χ2n) is 4.81. The summed E-state index contributed by atoms with van der Waals surface area (Å²) in [4.78, 5) is 14.4. The van der Waals surface area contributed by atoms with Crippen LogP contribution in [0.15, 0.2) is 22.7 Å². The maximum Gasteiger partial charge on any atom is 0.255 e. The molecule has 0 aromatic heterocycles. The van der Waals surface area contributed by atoms with E-state index in [-0.39, 0.29) is 18.6 Å². The molecule has 104 valence electrons. The lowest BCUT2D eigenvalue weighted by atomic mass is 10.1. The smallest absolute Gasteiger partial charge is 0.255 e. The summed E-state index contributed by atoms with van der Waals surface area (Å²) < 4.78 is 0.829. The number of aliphatic hydroxyl groups is 1. The minimum Gasteiger partial charge on any atom is -0.394 e. The van der Waals surface area contributed by atoms with Crippen molar-refractivity contribution in [3.8, 4) is 0 Å². The number of amides is 1. The van der Waals surface area contributed by atoms with Crippen molar-refractivity contribution in [1.29, 1.82) is 0 Å². The standard InChI is InChI=1S/C14H17BrClNO2/c15-10-5-6-13(16)12(8-10)14(19)17-7-3-1-2-4-11(17)9-18/h5-6,8,11,18H,1-4,7,9H2. The van der Waals surface area contributed by atoms with Crippen LogP contribution in [0.1, 0.15) is 36.0 Å². The lowest BCUT2D eigenvalue weighted by Crippen LogP contribution is -2.42. The van der Waals surface area contributed by atoms with E-state index in [9.17, 15) is 9.90 Å². The molecular weight excluding hydrogens is 330 g/mol. The Kier molecular flexibility index (Phi) is 5.25. The quantitative estimate of drug-likeness (QED) is 0.890. The van der Waals surface area contributed by atoms with Crippen LogP contribution in [0.4, 0.5) is 0 Å². The first kappa shape index (κ1) is 14.8. The fourth-order valence-electron chi connectivity index (χ4n) is 2.45. The molecule has 1 aromatic rings. The van der Waals surface area contributed by atoms with E-state index in [0.29, 0.717) is 17.1 Å². The predicted octanol–water partition coefficient (Wildman–Crippen LogP) is 3.48. The van der Waals surface area contributed by atoms with Crippen molar-refractivity contribution < 1.29 is 9.90 Å². The van der Waals surface area contributed by atoms with Crippen molar-refractivity contribution in [2.45, 2.75) is 31.7 Å². The zero-order chi connectivity index (χ0) is 13.8. The number of benzene rings is 1. The Hall–Kier alpha value is -0.580. The molecular formula is C14H17BrClNO2. The van der Waals surface area contributed by atoms with E-state index in [1.165, 1.54) is 0 Å². The Bertz CT molecular complexity index is 467. The molecule has 5 heteroatoms. The third-order valence-corrected chi connectivity index (χ3v) is 4.33. The SMILES string of the molecule is O=C(c1cc(Br)ccc1Cl)N1CCCCCC1CO. The summed E-state index contributed by atoms with van der Waals surface area (Å²) in [5, 5.41) is 9.92. The fraction of sp³-hybridized carbons (Fsp3) is 0.500. The van der Waals surface area contributed by atoms with Gasteiger partial charge in [-0.05, 0) is 31.0 Å². The van der Waals surface area contributed by atoms with Crippen LogP contribution >= 0.6 is 27.5 Å². The molecule has 1 aliphatic rings. The summed E-state index contributed by atoms with van der Waals surface area (Å²) in [5.41, 5.74) is 0.497. The maximum atomic E-state index is 12.6. The summed E-state index contributed by atoms with van der Waals surface area (Å²) >= 11 is 9.47. The van der Waals surface area contributed by atoms with Crippen LogP contribution in [0.25, 0.3) is 0 Å². The Balaban J connectivity index is 2.27. The molecule has 1 unspecified atom stereocenters. The molecule has 1 amide bonds. The van der Waals surface area contributed by atoms with Crippen molar-refractivity contribution >= 4 is 33.4 Å². The number of hydrogen-bond donors (Lipinski definition) is 1. The highest BCUT2D eigenvalue weighted by Gasteiger charge is 2.27. The number of nitrogens with zero attached hydrogens (tertiary/aromatic N) is 1. The summed E-state index contributed by atoms with van der Waals surface area (Å²) in [5.74, 6) is -0.0905. The normalized spacial score (nSPS) is 20.2. The molecule has 0 bridgehead atoms. The largest absolute Gasteiger partial charge is 0.394 e. The van der Waals surface area contributed by atoms with Gasteiger partial charge in [0.1, 0.15) is 0 Å². The van der Waals surface area contributed by atoms with Crippen LogP contribution in [0, 0.1) is 0 Å². The Morgan fingerprint density at radius 2 is 2.21 bits per heavy atom. The van der Waals surface area contributed by atoms with Gasteiger partial charge in [-0.25, -0.2) is 0 Å². The van der Waals surface area contributed by atoms with Gasteiger partial charge in [0.05, 0.1) is 23.2 Å². The lowest BCUT2D eigenvalue weighted by Gasteiger charge is -2.29. The van der Waals surface area contributed by atoms with Gasteiger partial charge in [-0.3, -0.25) is 4.79 Å². The van der Waals surface area contributed by atoms with Crippen LogP contribution in [0.3, 0.4) is 0 Å². The van der Waals surface area contributed by atoms with Gasteiger partial charge in [0, 0.05) is 11.0 Å². The van der Waals surface area contributed by atoms with E-state index in [4.69, 9.17) is 11.6 Å². The molecule has 3 nitrogen and oxygen atoms in total. The minimum atomic E-state index is -0.0925. The van der Waals surface area contributed by atoms with Crippen molar-refractivity contribution in [2.24, 2.45) is 0 Å². The third-order valence-electron chi connectivity index (χ3n) is 3.51. The Morgan fingerprint density at radius 3 is 2.95 bits per heavy atom. The average molecular weight is 347 g/mol. The fourth-order valence-corrected chi connectivity index (χ4v) is 3.01. The van der Waals surface area contributed by atoms with Gasteiger partial charge in [0.2, 0.25) is 0 Å². The molecule has 1 saturated heterocycles. The van der Waals surface area contributed by atoms with Crippen LogP contribution < -0.4 is 0 Å². The van der Waals surface area contributed by atoms with Gasteiger partial charge in [-0.15, -0.1) is 0 Å². The first-order valence-corrected chi connectivity index (χ1v) is 7.67. The van der Waals surface area contributed by atoms with E-state index in [1.54, 1.807) is 17.0 Å². The highest BCUT2D eigenvalue weighted by molar-refractivity contribution is 9.10. The summed E-state index contributed by atoms with van der Waals surface area (Å²) in [6.07, 6.45) is 4.00. The zero-order valence-corrected chi connectivity index (χ0v) is 13.0. The van der Waals surface area contributed by atoms with Crippen molar-refractivity contribution in [2.75, 3.05) is 13.2 Å². The maximum absolute atomic E-state index is 12.6. The van der Waals surface area contributed by atoms with E-state index in [2.05, 4.69) is 15.9 Å². The molecule has 0 spiro atoms. The van der Waals surface area contributed by atoms with Crippen LogP contribution in [0.5, 0.6) is 0 Å². The van der Waals surface area contributed by atoms with E-state index in [0.717, 1.165) is 30.2 Å². The molecule has 0 saturated carbocycles. The van der Waals surface area contributed by atoms with Crippen LogP contribution in [-0.2, 0) is 0 Å². The predicted molar refractivity (Wildman–Crippen MR) is 79.5 cm³/mol. The van der Waals surface area contributed by atoms with Crippen molar-refractivity contribution in [3.63, 3.8) is 0 Å². The van der Waals surface area contributed by atoms with Crippen molar-refractivity contribution in [3.05, 3.63) is 33.3 Å².